The van der Waals surface area contributed by atoms with Gasteiger partial charge in [0.05, 0.1) is 5.92 Å². The van der Waals surface area contributed by atoms with Gasteiger partial charge >= 0.3 is 5.97 Å². The number of esters is 1. The Morgan fingerprint density at radius 2 is 1.88 bits per heavy atom. The van der Waals surface area contributed by atoms with Crippen LogP contribution >= 0.6 is 0 Å². The number of amides is 1. The summed E-state index contributed by atoms with van der Waals surface area (Å²) in [6.45, 7) is 4.50. The Labute approximate surface area is 190 Å². The summed E-state index contributed by atoms with van der Waals surface area (Å²) >= 11 is 0. The van der Waals surface area contributed by atoms with E-state index < -0.39 is 18.0 Å². The van der Waals surface area contributed by atoms with Gasteiger partial charge in [-0.15, -0.1) is 0 Å². The predicted octanol–water partition coefficient (Wildman–Crippen LogP) is 3.42. The van der Waals surface area contributed by atoms with Crippen molar-refractivity contribution in [1.29, 1.82) is 0 Å². The van der Waals surface area contributed by atoms with Crippen molar-refractivity contribution in [3.05, 3.63) is 53.7 Å². The molecule has 0 radical (unpaired) electrons. The molecule has 2 aliphatic heterocycles. The summed E-state index contributed by atoms with van der Waals surface area (Å²) in [7, 11) is 0. The first-order valence-electron chi connectivity index (χ1n) is 10.9. The number of anilines is 1. The minimum absolute atomic E-state index is 0.0281. The molecule has 3 aromatic rings. The number of ether oxygens (including phenoxy) is 3. The van der Waals surface area contributed by atoms with Crippen LogP contribution in [0.4, 0.5) is 5.69 Å². The molecule has 1 amide bonds. The first-order chi connectivity index (χ1) is 15.9. The standard InChI is InChI=1S/C25H24N2O6/c1-14-23(18-5-3-4-6-19(18)26-14)24(29)15(2)33-25(30)16-11-22(28)27(13-16)17-7-8-20-21(12-17)32-10-9-31-20/h3-8,12,15-16,26H,9-11,13H2,1-2H3. The average Bonchev–Trinajstić information content (AvgIpc) is 3.37. The second-order valence-electron chi connectivity index (χ2n) is 8.35. The molecule has 1 saturated heterocycles. The number of para-hydroxylation sites is 1. The van der Waals surface area contributed by atoms with E-state index in [1.807, 2.05) is 31.2 Å². The summed E-state index contributed by atoms with van der Waals surface area (Å²) in [5.41, 5.74) is 2.74. The fourth-order valence-electron chi connectivity index (χ4n) is 4.44. The van der Waals surface area contributed by atoms with Gasteiger partial charge in [0.25, 0.3) is 0 Å². The zero-order valence-corrected chi connectivity index (χ0v) is 18.4. The largest absolute Gasteiger partial charge is 0.486 e. The number of nitrogens with zero attached hydrogens (tertiary/aromatic N) is 1. The Hall–Kier alpha value is -3.81. The SMILES string of the molecule is Cc1[nH]c2ccccc2c1C(=O)C(C)OC(=O)C1CC(=O)N(c2ccc3c(c2)OCCO3)C1. The summed E-state index contributed by atoms with van der Waals surface area (Å²) in [4.78, 5) is 43.3. The highest BCUT2D eigenvalue weighted by atomic mass is 16.6. The van der Waals surface area contributed by atoms with Crippen molar-refractivity contribution >= 4 is 34.3 Å². The lowest BCUT2D eigenvalue weighted by molar-refractivity contribution is -0.151. The Kier molecular flexibility index (Phi) is 5.28. The van der Waals surface area contributed by atoms with Crippen LogP contribution in [0.3, 0.4) is 0 Å². The number of nitrogens with one attached hydrogen (secondary N) is 1. The number of Topliss-reactive ketones (excluding diaryl/α,β-unsaturated/α-hetero) is 1. The Balaban J connectivity index is 1.28. The lowest BCUT2D eigenvalue weighted by Crippen LogP contribution is -2.30. The highest BCUT2D eigenvalue weighted by molar-refractivity contribution is 6.11. The van der Waals surface area contributed by atoms with Crippen LogP contribution in [0.25, 0.3) is 10.9 Å². The second-order valence-corrected chi connectivity index (χ2v) is 8.35. The van der Waals surface area contributed by atoms with Gasteiger partial charge in [0.15, 0.2) is 17.6 Å². The molecule has 1 N–H and O–H groups in total. The highest BCUT2D eigenvalue weighted by Gasteiger charge is 2.38. The van der Waals surface area contributed by atoms with Gasteiger partial charge in [-0.2, -0.15) is 0 Å². The molecule has 8 heteroatoms. The molecule has 2 aliphatic rings. The van der Waals surface area contributed by atoms with Crippen molar-refractivity contribution in [3.8, 4) is 11.5 Å². The fraction of sp³-hybridized carbons (Fsp3) is 0.320. The van der Waals surface area contributed by atoms with Crippen molar-refractivity contribution in [2.75, 3.05) is 24.7 Å². The number of rotatable bonds is 5. The molecule has 2 unspecified atom stereocenters. The quantitative estimate of drug-likeness (QED) is 0.475. The molecule has 0 bridgehead atoms. The monoisotopic (exact) mass is 448 g/mol. The van der Waals surface area contributed by atoms with Crippen LogP contribution in [0.5, 0.6) is 11.5 Å². The Morgan fingerprint density at radius 3 is 2.70 bits per heavy atom. The number of carbonyl (C=O) groups excluding carboxylic acids is 3. The number of ketones is 1. The van der Waals surface area contributed by atoms with Crippen LogP contribution in [0.1, 0.15) is 29.4 Å². The van der Waals surface area contributed by atoms with Crippen LogP contribution in [0.2, 0.25) is 0 Å². The molecular formula is C25H24N2O6. The number of hydrogen-bond acceptors (Lipinski definition) is 6. The third-order valence-electron chi connectivity index (χ3n) is 6.10. The van der Waals surface area contributed by atoms with E-state index in [0.29, 0.717) is 36.0 Å². The molecule has 8 nitrogen and oxygen atoms in total. The van der Waals surface area contributed by atoms with E-state index in [2.05, 4.69) is 4.98 Å². The number of hydrogen-bond donors (Lipinski definition) is 1. The average molecular weight is 448 g/mol. The van der Waals surface area contributed by atoms with Gasteiger partial charge in [-0.3, -0.25) is 14.4 Å². The Bertz CT molecular complexity index is 1260. The molecule has 3 heterocycles. The van der Waals surface area contributed by atoms with Crippen LogP contribution in [-0.4, -0.2) is 48.5 Å². The zero-order valence-electron chi connectivity index (χ0n) is 18.4. The molecule has 0 spiro atoms. The van der Waals surface area contributed by atoms with Gasteiger partial charge in [0.1, 0.15) is 13.2 Å². The predicted molar refractivity (Wildman–Crippen MR) is 121 cm³/mol. The third-order valence-corrected chi connectivity index (χ3v) is 6.10. The first kappa shape index (κ1) is 21.1. The van der Waals surface area contributed by atoms with Crippen molar-refractivity contribution in [1.82, 2.24) is 4.98 Å². The molecule has 2 atom stereocenters. The molecule has 33 heavy (non-hydrogen) atoms. The van der Waals surface area contributed by atoms with Crippen molar-refractivity contribution in [2.24, 2.45) is 5.92 Å². The zero-order chi connectivity index (χ0) is 23.1. The summed E-state index contributed by atoms with van der Waals surface area (Å²) in [5, 5.41) is 0.795. The summed E-state index contributed by atoms with van der Waals surface area (Å²) in [5.74, 6) is -0.448. The first-order valence-corrected chi connectivity index (χ1v) is 10.9. The van der Waals surface area contributed by atoms with E-state index in [1.165, 1.54) is 0 Å². The molecule has 1 aromatic heterocycles. The number of aromatic amines is 1. The molecular weight excluding hydrogens is 424 g/mol. The van der Waals surface area contributed by atoms with Gasteiger partial charge in [0, 0.05) is 46.9 Å². The van der Waals surface area contributed by atoms with E-state index in [9.17, 15) is 14.4 Å². The normalized spacial score (nSPS) is 18.4. The summed E-state index contributed by atoms with van der Waals surface area (Å²) in [6, 6.07) is 12.8. The Morgan fingerprint density at radius 1 is 1.12 bits per heavy atom. The number of benzene rings is 2. The van der Waals surface area contributed by atoms with Crippen LogP contribution in [0, 0.1) is 12.8 Å². The van der Waals surface area contributed by atoms with Gasteiger partial charge in [-0.05, 0) is 32.0 Å². The number of aromatic nitrogens is 1. The fourth-order valence-corrected chi connectivity index (χ4v) is 4.44. The number of H-pyrrole nitrogens is 1. The molecule has 2 aromatic carbocycles. The number of fused-ring (bicyclic) bond motifs is 2. The molecule has 0 aliphatic carbocycles. The van der Waals surface area contributed by atoms with Gasteiger partial charge in [-0.25, -0.2) is 0 Å². The second kappa shape index (κ2) is 8.27. The van der Waals surface area contributed by atoms with Gasteiger partial charge in [-0.1, -0.05) is 18.2 Å². The van der Waals surface area contributed by atoms with E-state index in [4.69, 9.17) is 14.2 Å². The molecule has 0 saturated carbocycles. The van der Waals surface area contributed by atoms with Crippen molar-refractivity contribution in [2.45, 2.75) is 26.4 Å². The maximum Gasteiger partial charge on any atom is 0.312 e. The van der Waals surface area contributed by atoms with Gasteiger partial charge < -0.3 is 24.1 Å². The van der Waals surface area contributed by atoms with E-state index in [1.54, 1.807) is 30.0 Å². The maximum absolute atomic E-state index is 13.1. The van der Waals surface area contributed by atoms with Crippen LogP contribution in [-0.2, 0) is 14.3 Å². The van der Waals surface area contributed by atoms with Crippen LogP contribution < -0.4 is 14.4 Å². The van der Waals surface area contributed by atoms with Crippen molar-refractivity contribution < 1.29 is 28.6 Å². The van der Waals surface area contributed by atoms with E-state index in [-0.39, 0.29) is 24.7 Å². The van der Waals surface area contributed by atoms with E-state index in [0.717, 1.165) is 16.6 Å². The lowest BCUT2D eigenvalue weighted by atomic mass is 10.0. The molecule has 5 rings (SSSR count). The number of aryl methyl sites for hydroxylation is 1. The smallest absolute Gasteiger partial charge is 0.312 e. The minimum Gasteiger partial charge on any atom is -0.486 e. The maximum atomic E-state index is 13.1. The van der Waals surface area contributed by atoms with Crippen LogP contribution in [0.15, 0.2) is 42.5 Å². The highest BCUT2D eigenvalue weighted by Crippen LogP contribution is 2.36. The summed E-state index contributed by atoms with van der Waals surface area (Å²) in [6.07, 6.45) is -0.936. The van der Waals surface area contributed by atoms with Crippen molar-refractivity contribution in [3.63, 3.8) is 0 Å². The summed E-state index contributed by atoms with van der Waals surface area (Å²) < 4.78 is 16.6. The van der Waals surface area contributed by atoms with Gasteiger partial charge in [0.2, 0.25) is 11.7 Å². The molecule has 1 fully saturated rings. The molecule has 170 valence electrons. The topological polar surface area (TPSA) is 97.9 Å². The number of carbonyl (C=O) groups is 3. The lowest BCUT2D eigenvalue weighted by Gasteiger charge is -2.22. The minimum atomic E-state index is -0.964. The third kappa shape index (κ3) is 3.82. The van der Waals surface area contributed by atoms with E-state index >= 15 is 0 Å².